The number of phenolic OH excluding ortho intramolecular Hbond substituents is 2. The molecule has 0 aliphatic rings. The molecular formula is C16H18N4O4. The lowest BCUT2D eigenvalue weighted by Gasteiger charge is -2.04. The first kappa shape index (κ1) is 15.9. The third kappa shape index (κ3) is 2.55. The van der Waals surface area contributed by atoms with Gasteiger partial charge >= 0.3 is 5.69 Å². The van der Waals surface area contributed by atoms with Crippen LogP contribution in [0.1, 0.15) is 18.3 Å². The molecule has 126 valence electrons. The Kier molecular flexibility index (Phi) is 3.88. The normalized spacial score (nSPS) is 11.2. The highest BCUT2D eigenvalue weighted by atomic mass is 16.3. The lowest BCUT2D eigenvalue weighted by atomic mass is 10.1. The van der Waals surface area contributed by atoms with Crippen LogP contribution >= 0.6 is 0 Å². The molecule has 1 aromatic carbocycles. The van der Waals surface area contributed by atoms with Gasteiger partial charge in [-0.2, -0.15) is 0 Å². The first-order valence-electron chi connectivity index (χ1n) is 7.61. The monoisotopic (exact) mass is 330 g/mol. The minimum absolute atomic E-state index is 0.167. The molecule has 8 heteroatoms. The van der Waals surface area contributed by atoms with Crippen LogP contribution in [0.2, 0.25) is 0 Å². The van der Waals surface area contributed by atoms with E-state index in [0.29, 0.717) is 36.4 Å². The summed E-state index contributed by atoms with van der Waals surface area (Å²) in [5.41, 5.74) is 0.641. The van der Waals surface area contributed by atoms with Gasteiger partial charge in [0.15, 0.2) is 22.7 Å². The number of aromatic nitrogens is 4. The van der Waals surface area contributed by atoms with Gasteiger partial charge in [-0.05, 0) is 31.0 Å². The lowest BCUT2D eigenvalue weighted by molar-refractivity contribution is 0.403. The number of hydrogen-bond acceptors (Lipinski definition) is 5. The van der Waals surface area contributed by atoms with Crippen molar-refractivity contribution >= 4 is 11.2 Å². The zero-order chi connectivity index (χ0) is 17.4. The Balaban J connectivity index is 2.00. The van der Waals surface area contributed by atoms with Crippen LogP contribution in [0, 0.1) is 0 Å². The van der Waals surface area contributed by atoms with E-state index in [0.717, 1.165) is 5.56 Å². The van der Waals surface area contributed by atoms with Crippen LogP contribution in [0.15, 0.2) is 27.8 Å². The van der Waals surface area contributed by atoms with Crippen LogP contribution in [0.3, 0.4) is 0 Å². The summed E-state index contributed by atoms with van der Waals surface area (Å²) in [5, 5.41) is 18.9. The third-order valence-electron chi connectivity index (χ3n) is 4.10. The van der Waals surface area contributed by atoms with Gasteiger partial charge in [-0.1, -0.05) is 6.07 Å². The smallest absolute Gasteiger partial charge is 0.330 e. The number of nitrogens with zero attached hydrogens (tertiary/aromatic N) is 3. The second kappa shape index (κ2) is 5.88. The maximum absolute atomic E-state index is 12.1. The van der Waals surface area contributed by atoms with E-state index in [-0.39, 0.29) is 11.5 Å². The van der Waals surface area contributed by atoms with Crippen molar-refractivity contribution in [2.45, 2.75) is 26.3 Å². The molecular weight excluding hydrogens is 312 g/mol. The highest BCUT2D eigenvalue weighted by Gasteiger charge is 2.15. The molecule has 8 nitrogen and oxygen atoms in total. The summed E-state index contributed by atoms with van der Waals surface area (Å²) in [5.74, 6) is 0.324. The van der Waals surface area contributed by atoms with Crippen molar-refractivity contribution < 1.29 is 10.2 Å². The zero-order valence-corrected chi connectivity index (χ0v) is 13.4. The van der Waals surface area contributed by atoms with E-state index in [9.17, 15) is 19.8 Å². The van der Waals surface area contributed by atoms with Crippen LogP contribution in [-0.2, 0) is 26.4 Å². The highest BCUT2D eigenvalue weighted by molar-refractivity contribution is 5.70. The van der Waals surface area contributed by atoms with E-state index in [1.165, 1.54) is 16.7 Å². The Morgan fingerprint density at radius 1 is 1.17 bits per heavy atom. The van der Waals surface area contributed by atoms with E-state index in [4.69, 9.17) is 0 Å². The van der Waals surface area contributed by atoms with E-state index >= 15 is 0 Å². The molecule has 0 aliphatic heterocycles. The molecule has 3 N–H and O–H groups in total. The maximum atomic E-state index is 12.1. The molecule has 24 heavy (non-hydrogen) atoms. The van der Waals surface area contributed by atoms with Crippen molar-refractivity contribution in [2.75, 3.05) is 0 Å². The predicted octanol–water partition coefficient (Wildman–Crippen LogP) is 0.640. The number of phenols is 2. The average molecular weight is 330 g/mol. The minimum Gasteiger partial charge on any atom is -0.504 e. The molecule has 2 heterocycles. The molecule has 0 amide bonds. The number of H-pyrrole nitrogens is 1. The van der Waals surface area contributed by atoms with Gasteiger partial charge in [0.1, 0.15) is 5.82 Å². The number of fused-ring (bicyclic) bond motifs is 1. The van der Waals surface area contributed by atoms with Crippen LogP contribution in [0.4, 0.5) is 0 Å². The fourth-order valence-electron chi connectivity index (χ4n) is 2.79. The Labute approximate surface area is 136 Å². The minimum atomic E-state index is -0.469. The number of benzene rings is 1. The van der Waals surface area contributed by atoms with E-state index in [1.807, 2.05) is 6.92 Å². The molecule has 0 unspecified atom stereocenters. The highest BCUT2D eigenvalue weighted by Crippen LogP contribution is 2.25. The summed E-state index contributed by atoms with van der Waals surface area (Å²) in [4.78, 5) is 30.7. The molecule has 0 saturated carbocycles. The largest absolute Gasteiger partial charge is 0.504 e. The summed E-state index contributed by atoms with van der Waals surface area (Å²) in [6.07, 6.45) is 1.09. The first-order valence-corrected chi connectivity index (χ1v) is 7.61. The Bertz CT molecular complexity index is 1030. The standard InChI is InChI=1S/C16H18N4O4/c1-3-20-14-13(15(23)18-16(20)24)19(2)12(17-14)7-5-9-4-6-10(21)11(22)8-9/h4,6,8,21-22H,3,5,7H2,1-2H3,(H,18,23,24). The van der Waals surface area contributed by atoms with Crippen molar-refractivity contribution in [1.29, 1.82) is 0 Å². The molecule has 0 bridgehead atoms. The molecule has 0 radical (unpaired) electrons. The number of imidazole rings is 1. The van der Waals surface area contributed by atoms with Gasteiger partial charge in [0.25, 0.3) is 5.56 Å². The van der Waals surface area contributed by atoms with Crippen molar-refractivity contribution in [3.63, 3.8) is 0 Å². The predicted molar refractivity (Wildman–Crippen MR) is 88.4 cm³/mol. The Morgan fingerprint density at radius 3 is 2.58 bits per heavy atom. The van der Waals surface area contributed by atoms with Gasteiger partial charge in [-0.25, -0.2) is 9.78 Å². The van der Waals surface area contributed by atoms with Crippen LogP contribution < -0.4 is 11.2 Å². The number of aryl methyl sites for hydroxylation is 4. The summed E-state index contributed by atoms with van der Waals surface area (Å²) in [6, 6.07) is 4.64. The van der Waals surface area contributed by atoms with Gasteiger partial charge in [0.05, 0.1) is 0 Å². The number of aromatic amines is 1. The SMILES string of the molecule is CCn1c(=O)[nH]c(=O)c2c1nc(CCc1ccc(O)c(O)c1)n2C. The summed E-state index contributed by atoms with van der Waals surface area (Å²) in [7, 11) is 1.73. The molecule has 3 rings (SSSR count). The van der Waals surface area contributed by atoms with Crippen molar-refractivity contribution in [1.82, 2.24) is 19.1 Å². The summed E-state index contributed by atoms with van der Waals surface area (Å²) in [6.45, 7) is 2.22. The topological polar surface area (TPSA) is 113 Å². The summed E-state index contributed by atoms with van der Waals surface area (Å²) < 4.78 is 3.10. The Hall–Kier alpha value is -3.03. The molecule has 3 aromatic rings. The van der Waals surface area contributed by atoms with Crippen molar-refractivity contribution in [3.05, 3.63) is 50.4 Å². The van der Waals surface area contributed by atoms with Crippen molar-refractivity contribution in [2.24, 2.45) is 7.05 Å². The van der Waals surface area contributed by atoms with Gasteiger partial charge < -0.3 is 14.8 Å². The average Bonchev–Trinajstić information content (AvgIpc) is 2.86. The fourth-order valence-corrected chi connectivity index (χ4v) is 2.79. The summed E-state index contributed by atoms with van der Waals surface area (Å²) >= 11 is 0. The van der Waals surface area contributed by atoms with Gasteiger partial charge in [-0.3, -0.25) is 14.3 Å². The van der Waals surface area contributed by atoms with E-state index in [1.54, 1.807) is 17.7 Å². The zero-order valence-electron chi connectivity index (χ0n) is 13.4. The van der Waals surface area contributed by atoms with Crippen LogP contribution in [0.25, 0.3) is 11.2 Å². The van der Waals surface area contributed by atoms with Gasteiger partial charge in [-0.15, -0.1) is 0 Å². The fraction of sp³-hybridized carbons (Fsp3) is 0.312. The molecule has 0 spiro atoms. The first-order chi connectivity index (χ1) is 11.4. The molecule has 0 aliphatic carbocycles. The Morgan fingerprint density at radius 2 is 1.92 bits per heavy atom. The van der Waals surface area contributed by atoms with E-state index in [2.05, 4.69) is 9.97 Å². The van der Waals surface area contributed by atoms with Crippen LogP contribution in [0.5, 0.6) is 11.5 Å². The molecule has 0 atom stereocenters. The number of hydrogen-bond donors (Lipinski definition) is 3. The second-order valence-electron chi connectivity index (χ2n) is 5.59. The third-order valence-corrected chi connectivity index (χ3v) is 4.10. The van der Waals surface area contributed by atoms with Gasteiger partial charge in [0, 0.05) is 20.0 Å². The molecule has 2 aromatic heterocycles. The number of rotatable bonds is 4. The van der Waals surface area contributed by atoms with Crippen LogP contribution in [-0.4, -0.2) is 29.3 Å². The maximum Gasteiger partial charge on any atom is 0.330 e. The molecule has 0 fully saturated rings. The number of nitrogens with one attached hydrogen (secondary N) is 1. The quantitative estimate of drug-likeness (QED) is 0.608. The van der Waals surface area contributed by atoms with Crippen molar-refractivity contribution in [3.8, 4) is 11.5 Å². The second-order valence-corrected chi connectivity index (χ2v) is 5.59. The van der Waals surface area contributed by atoms with E-state index < -0.39 is 11.2 Å². The lowest BCUT2D eigenvalue weighted by Crippen LogP contribution is -2.30. The molecule has 0 saturated heterocycles. The van der Waals surface area contributed by atoms with Gasteiger partial charge in [0.2, 0.25) is 0 Å². The number of aromatic hydroxyl groups is 2.